The number of hydrogen-bond acceptors (Lipinski definition) is 3. The van der Waals surface area contributed by atoms with Crippen LogP contribution < -0.4 is 5.32 Å². The molecule has 0 saturated carbocycles. The first-order valence-electron chi connectivity index (χ1n) is 6.92. The zero-order valence-electron chi connectivity index (χ0n) is 11.9. The molecule has 116 valence electrons. The fourth-order valence-corrected chi connectivity index (χ4v) is 2.63. The zero-order chi connectivity index (χ0) is 15.7. The molecule has 3 N–H and O–H groups in total. The Bertz CT molecular complexity index is 546. The highest BCUT2D eigenvalue weighted by Gasteiger charge is 2.33. The molecule has 1 aromatic rings. The Morgan fingerprint density at radius 1 is 1.38 bits per heavy atom. The molecule has 0 aliphatic carbocycles. The molecule has 1 heterocycles. The van der Waals surface area contributed by atoms with Gasteiger partial charge in [0, 0.05) is 18.2 Å². The first-order chi connectivity index (χ1) is 9.81. The second kappa shape index (κ2) is 5.97. The van der Waals surface area contributed by atoms with Crippen molar-refractivity contribution in [3.8, 4) is 5.75 Å². The average Bonchev–Trinajstić information content (AvgIpc) is 2.87. The topological polar surface area (TPSA) is 69.6 Å². The second-order valence-corrected chi connectivity index (χ2v) is 5.74. The van der Waals surface area contributed by atoms with Crippen LogP contribution in [0.15, 0.2) is 12.1 Å². The number of carboxylic acid groups (broad SMARTS) is 1. The summed E-state index contributed by atoms with van der Waals surface area (Å²) in [7, 11) is 0. The third-order valence-corrected chi connectivity index (χ3v) is 3.95. The van der Waals surface area contributed by atoms with Crippen molar-refractivity contribution < 1.29 is 23.8 Å². The van der Waals surface area contributed by atoms with Crippen LogP contribution in [0.5, 0.6) is 5.75 Å². The van der Waals surface area contributed by atoms with E-state index in [2.05, 4.69) is 5.32 Å². The molecule has 1 aliphatic rings. The van der Waals surface area contributed by atoms with E-state index in [1.165, 1.54) is 6.07 Å². The molecule has 0 radical (unpaired) electrons. The van der Waals surface area contributed by atoms with Gasteiger partial charge in [0.1, 0.15) is 5.75 Å². The summed E-state index contributed by atoms with van der Waals surface area (Å²) in [6.07, 6.45) is -2.48. The molecule has 21 heavy (non-hydrogen) atoms. The maximum absolute atomic E-state index is 13.1. The van der Waals surface area contributed by atoms with Gasteiger partial charge in [0.15, 0.2) is 0 Å². The van der Waals surface area contributed by atoms with E-state index in [-0.39, 0.29) is 18.9 Å². The number of rotatable bonds is 4. The van der Waals surface area contributed by atoms with Crippen LogP contribution in [-0.4, -0.2) is 22.7 Å². The summed E-state index contributed by atoms with van der Waals surface area (Å²) < 4.78 is 26.1. The third-order valence-electron chi connectivity index (χ3n) is 3.95. The highest BCUT2D eigenvalue weighted by Crippen LogP contribution is 2.40. The van der Waals surface area contributed by atoms with Crippen LogP contribution in [0, 0.1) is 5.92 Å². The maximum Gasteiger partial charge on any atom is 0.307 e. The van der Waals surface area contributed by atoms with E-state index in [1.54, 1.807) is 6.07 Å². The number of aliphatic carboxylic acids is 1. The summed E-state index contributed by atoms with van der Waals surface area (Å²) >= 11 is 0. The minimum Gasteiger partial charge on any atom is -0.507 e. The lowest BCUT2D eigenvalue weighted by Gasteiger charge is -2.19. The Morgan fingerprint density at radius 3 is 2.52 bits per heavy atom. The minimum absolute atomic E-state index is 0.0403. The van der Waals surface area contributed by atoms with Gasteiger partial charge in [-0.1, -0.05) is 19.9 Å². The van der Waals surface area contributed by atoms with Crippen molar-refractivity contribution in [3.63, 3.8) is 0 Å². The van der Waals surface area contributed by atoms with E-state index in [4.69, 9.17) is 5.11 Å². The van der Waals surface area contributed by atoms with Crippen molar-refractivity contribution in [3.05, 3.63) is 28.8 Å². The predicted molar refractivity (Wildman–Crippen MR) is 73.6 cm³/mol. The molecule has 0 aromatic heterocycles. The van der Waals surface area contributed by atoms with Gasteiger partial charge < -0.3 is 15.5 Å². The number of phenols is 1. The molecule has 0 bridgehead atoms. The Balaban J connectivity index is 2.41. The number of phenolic OH excluding ortho intramolecular Hbond substituents is 1. The van der Waals surface area contributed by atoms with E-state index < -0.39 is 35.7 Å². The molecule has 2 atom stereocenters. The van der Waals surface area contributed by atoms with E-state index in [9.17, 15) is 18.7 Å². The number of benzene rings is 1. The predicted octanol–water partition coefficient (Wildman–Crippen LogP) is 3.19. The Kier molecular flexibility index (Phi) is 4.46. The number of carboxylic acids is 1. The Morgan fingerprint density at radius 2 is 2.05 bits per heavy atom. The van der Waals surface area contributed by atoms with Gasteiger partial charge in [0.25, 0.3) is 6.43 Å². The summed E-state index contributed by atoms with van der Waals surface area (Å²) in [5, 5.41) is 22.1. The van der Waals surface area contributed by atoms with Crippen LogP contribution in [0.4, 0.5) is 8.78 Å². The number of alkyl halides is 2. The molecular formula is C15H19F2NO3. The Hall–Kier alpha value is -1.69. The summed E-state index contributed by atoms with van der Waals surface area (Å²) in [4.78, 5) is 11.0. The van der Waals surface area contributed by atoms with Crippen LogP contribution in [-0.2, 0) is 4.79 Å². The largest absolute Gasteiger partial charge is 0.507 e. The van der Waals surface area contributed by atoms with Gasteiger partial charge in [-0.3, -0.25) is 4.79 Å². The normalized spacial score (nSPS) is 22.2. The first-order valence-corrected chi connectivity index (χ1v) is 6.92. The number of halogens is 2. The van der Waals surface area contributed by atoms with Gasteiger partial charge in [0.05, 0.1) is 11.5 Å². The second-order valence-electron chi connectivity index (χ2n) is 5.74. The minimum atomic E-state index is -2.76. The highest BCUT2D eigenvalue weighted by atomic mass is 19.3. The monoisotopic (exact) mass is 299 g/mol. The van der Waals surface area contributed by atoms with Crippen molar-refractivity contribution in [1.82, 2.24) is 5.32 Å². The van der Waals surface area contributed by atoms with Gasteiger partial charge in [-0.05, 0) is 24.0 Å². The van der Waals surface area contributed by atoms with Crippen molar-refractivity contribution in [1.29, 1.82) is 0 Å². The summed E-state index contributed by atoms with van der Waals surface area (Å²) in [5.41, 5.74) is 0.677. The lowest BCUT2D eigenvalue weighted by molar-refractivity contribution is -0.141. The van der Waals surface area contributed by atoms with Crippen LogP contribution in [0.3, 0.4) is 0 Å². The lowest BCUT2D eigenvalue weighted by Crippen LogP contribution is -2.17. The molecule has 2 unspecified atom stereocenters. The van der Waals surface area contributed by atoms with Gasteiger partial charge >= 0.3 is 5.97 Å². The SMILES string of the molecule is CC(C)c1cc(C(F)F)c(O)c(C2CC(C(=O)O)CN2)c1. The number of carbonyl (C=O) groups is 1. The number of aromatic hydroxyl groups is 1. The average molecular weight is 299 g/mol. The molecule has 1 fully saturated rings. The lowest BCUT2D eigenvalue weighted by atomic mass is 9.92. The summed E-state index contributed by atoms with van der Waals surface area (Å²) in [5.74, 6) is -1.87. The van der Waals surface area contributed by atoms with E-state index in [1.807, 2.05) is 13.8 Å². The molecule has 4 nitrogen and oxygen atoms in total. The van der Waals surface area contributed by atoms with E-state index in [0.717, 1.165) is 0 Å². The molecule has 1 saturated heterocycles. The van der Waals surface area contributed by atoms with Crippen LogP contribution >= 0.6 is 0 Å². The smallest absolute Gasteiger partial charge is 0.307 e. The molecule has 1 aromatic carbocycles. The summed E-state index contributed by atoms with van der Waals surface area (Å²) in [6, 6.07) is 2.59. The standard InChI is InChI=1S/C15H19F2NO3/c1-7(2)8-3-10(13(19)11(4-8)14(16)17)12-5-9(6-18-12)15(20)21/h3-4,7,9,12,14,18-19H,5-6H2,1-2H3,(H,20,21). The van der Waals surface area contributed by atoms with Crippen LogP contribution in [0.25, 0.3) is 0 Å². The van der Waals surface area contributed by atoms with Crippen LogP contribution in [0.2, 0.25) is 0 Å². The van der Waals surface area contributed by atoms with Crippen molar-refractivity contribution in [2.24, 2.45) is 5.92 Å². The van der Waals surface area contributed by atoms with E-state index in [0.29, 0.717) is 11.1 Å². The van der Waals surface area contributed by atoms with Gasteiger partial charge in [0.2, 0.25) is 0 Å². The molecule has 0 amide bonds. The number of hydrogen-bond donors (Lipinski definition) is 3. The summed E-state index contributed by atoms with van der Waals surface area (Å²) in [6.45, 7) is 4.04. The van der Waals surface area contributed by atoms with Gasteiger partial charge in [-0.2, -0.15) is 0 Å². The molecule has 0 spiro atoms. The van der Waals surface area contributed by atoms with Crippen molar-refractivity contribution >= 4 is 5.97 Å². The van der Waals surface area contributed by atoms with Crippen molar-refractivity contribution in [2.45, 2.75) is 38.7 Å². The third kappa shape index (κ3) is 3.15. The van der Waals surface area contributed by atoms with Gasteiger partial charge in [-0.15, -0.1) is 0 Å². The fraction of sp³-hybridized carbons (Fsp3) is 0.533. The zero-order valence-corrected chi connectivity index (χ0v) is 11.9. The molecule has 1 aliphatic heterocycles. The van der Waals surface area contributed by atoms with Crippen LogP contribution in [0.1, 0.15) is 55.3 Å². The molecule has 6 heteroatoms. The van der Waals surface area contributed by atoms with Crippen molar-refractivity contribution in [2.75, 3.05) is 6.54 Å². The Labute approximate surface area is 121 Å². The molecule has 2 rings (SSSR count). The quantitative estimate of drug-likeness (QED) is 0.798. The highest BCUT2D eigenvalue weighted by molar-refractivity contribution is 5.71. The van der Waals surface area contributed by atoms with E-state index >= 15 is 0 Å². The number of nitrogens with one attached hydrogen (secondary N) is 1. The fourth-order valence-electron chi connectivity index (χ4n) is 2.63. The molecular weight excluding hydrogens is 280 g/mol. The first kappa shape index (κ1) is 15.7. The van der Waals surface area contributed by atoms with Gasteiger partial charge in [-0.25, -0.2) is 8.78 Å². The maximum atomic E-state index is 13.1.